The van der Waals surface area contributed by atoms with Crippen LogP contribution in [0.25, 0.3) is 0 Å². The van der Waals surface area contributed by atoms with Crippen LogP contribution in [-0.4, -0.2) is 37.6 Å². The standard InChI is InChI=1S/C13H18N2O2/c1-15-8-7-12(13(15)16)14-11-6-4-3-5-10(11)9-17-2/h3-6,12,14H,7-9H2,1-2H3. The molecular formula is C13H18N2O2. The molecule has 1 aromatic rings. The molecule has 0 bridgehead atoms. The van der Waals surface area contributed by atoms with Crippen LogP contribution >= 0.6 is 0 Å². The number of methoxy groups -OCH3 is 1. The first kappa shape index (κ1) is 11.9. The smallest absolute Gasteiger partial charge is 0.244 e. The molecule has 0 saturated carbocycles. The molecule has 1 saturated heterocycles. The van der Waals surface area contributed by atoms with Gasteiger partial charge in [0, 0.05) is 32.0 Å². The summed E-state index contributed by atoms with van der Waals surface area (Å²) in [7, 11) is 3.51. The third kappa shape index (κ3) is 2.58. The van der Waals surface area contributed by atoms with E-state index in [-0.39, 0.29) is 11.9 Å². The maximum Gasteiger partial charge on any atom is 0.244 e. The van der Waals surface area contributed by atoms with E-state index in [4.69, 9.17) is 4.74 Å². The molecule has 0 aromatic heterocycles. The van der Waals surface area contributed by atoms with E-state index in [1.807, 2.05) is 31.3 Å². The van der Waals surface area contributed by atoms with Gasteiger partial charge in [-0.05, 0) is 12.5 Å². The van der Waals surface area contributed by atoms with Gasteiger partial charge in [0.25, 0.3) is 0 Å². The van der Waals surface area contributed by atoms with Crippen molar-refractivity contribution in [3.63, 3.8) is 0 Å². The summed E-state index contributed by atoms with van der Waals surface area (Å²) in [5, 5.41) is 3.30. The first-order valence-electron chi connectivity index (χ1n) is 5.80. The van der Waals surface area contributed by atoms with Gasteiger partial charge in [-0.1, -0.05) is 18.2 Å². The fraction of sp³-hybridized carbons (Fsp3) is 0.462. The van der Waals surface area contributed by atoms with E-state index in [9.17, 15) is 4.79 Å². The van der Waals surface area contributed by atoms with Gasteiger partial charge in [0.1, 0.15) is 6.04 Å². The number of para-hydroxylation sites is 1. The highest BCUT2D eigenvalue weighted by Gasteiger charge is 2.29. The van der Waals surface area contributed by atoms with Crippen molar-refractivity contribution in [1.82, 2.24) is 4.90 Å². The van der Waals surface area contributed by atoms with Crippen LogP contribution in [0.1, 0.15) is 12.0 Å². The Hall–Kier alpha value is -1.55. The van der Waals surface area contributed by atoms with Gasteiger partial charge in [0.05, 0.1) is 6.61 Å². The quantitative estimate of drug-likeness (QED) is 0.858. The highest BCUT2D eigenvalue weighted by Crippen LogP contribution is 2.20. The van der Waals surface area contributed by atoms with Crippen LogP contribution < -0.4 is 5.32 Å². The monoisotopic (exact) mass is 234 g/mol. The average molecular weight is 234 g/mol. The molecule has 17 heavy (non-hydrogen) atoms. The minimum absolute atomic E-state index is 0.0991. The van der Waals surface area contributed by atoms with Gasteiger partial charge in [0.15, 0.2) is 0 Å². The van der Waals surface area contributed by atoms with Crippen LogP contribution in [0.4, 0.5) is 5.69 Å². The number of carbonyl (C=O) groups excluding carboxylic acids is 1. The molecule has 2 rings (SSSR count). The molecule has 0 radical (unpaired) electrons. The number of rotatable bonds is 4. The van der Waals surface area contributed by atoms with Crippen molar-refractivity contribution in [3.8, 4) is 0 Å². The lowest BCUT2D eigenvalue weighted by Crippen LogP contribution is -2.31. The average Bonchev–Trinajstić information content (AvgIpc) is 2.64. The van der Waals surface area contributed by atoms with Gasteiger partial charge in [-0.2, -0.15) is 0 Å². The number of likely N-dealkylation sites (tertiary alicyclic amines) is 1. The Balaban J connectivity index is 2.10. The zero-order valence-corrected chi connectivity index (χ0v) is 10.3. The molecule has 1 aromatic carbocycles. The number of benzene rings is 1. The molecule has 4 nitrogen and oxygen atoms in total. The van der Waals surface area contributed by atoms with E-state index in [1.54, 1.807) is 12.0 Å². The maximum atomic E-state index is 11.8. The summed E-state index contributed by atoms with van der Waals surface area (Å²) in [6.45, 7) is 1.38. The van der Waals surface area contributed by atoms with Gasteiger partial charge in [-0.15, -0.1) is 0 Å². The second-order valence-electron chi connectivity index (χ2n) is 4.34. The SMILES string of the molecule is COCc1ccccc1NC1CCN(C)C1=O. The topological polar surface area (TPSA) is 41.6 Å². The normalized spacial score (nSPS) is 19.8. The molecular weight excluding hydrogens is 216 g/mol. The minimum Gasteiger partial charge on any atom is -0.380 e. The number of ether oxygens (including phenoxy) is 1. The molecule has 92 valence electrons. The molecule has 1 heterocycles. The number of nitrogens with one attached hydrogen (secondary N) is 1. The highest BCUT2D eigenvalue weighted by molar-refractivity contribution is 5.86. The predicted octanol–water partition coefficient (Wildman–Crippen LogP) is 1.48. The Morgan fingerprint density at radius 3 is 2.88 bits per heavy atom. The summed E-state index contributed by atoms with van der Waals surface area (Å²) in [6, 6.07) is 7.83. The van der Waals surface area contributed by atoms with Gasteiger partial charge in [0.2, 0.25) is 5.91 Å². The lowest BCUT2D eigenvalue weighted by Gasteiger charge is -2.16. The summed E-state index contributed by atoms with van der Waals surface area (Å²) in [5.74, 6) is 0.164. The Kier molecular flexibility index (Phi) is 3.64. The summed E-state index contributed by atoms with van der Waals surface area (Å²) in [6.07, 6.45) is 0.858. The Morgan fingerprint density at radius 1 is 1.47 bits per heavy atom. The summed E-state index contributed by atoms with van der Waals surface area (Å²) in [5.41, 5.74) is 2.07. The minimum atomic E-state index is -0.0991. The fourth-order valence-corrected chi connectivity index (χ4v) is 2.09. The molecule has 0 spiro atoms. The molecule has 1 aliphatic rings. The number of nitrogens with zero attached hydrogens (tertiary/aromatic N) is 1. The molecule has 1 fully saturated rings. The number of hydrogen-bond acceptors (Lipinski definition) is 3. The maximum absolute atomic E-state index is 11.8. The fourth-order valence-electron chi connectivity index (χ4n) is 2.09. The summed E-state index contributed by atoms with van der Waals surface area (Å²) in [4.78, 5) is 13.6. The highest BCUT2D eigenvalue weighted by atomic mass is 16.5. The van der Waals surface area contributed by atoms with E-state index in [1.165, 1.54) is 0 Å². The van der Waals surface area contributed by atoms with Crippen molar-refractivity contribution in [3.05, 3.63) is 29.8 Å². The zero-order chi connectivity index (χ0) is 12.3. The second-order valence-corrected chi connectivity index (χ2v) is 4.34. The van der Waals surface area contributed by atoms with E-state index in [0.717, 1.165) is 24.2 Å². The van der Waals surface area contributed by atoms with E-state index in [0.29, 0.717) is 6.61 Å². The van der Waals surface area contributed by atoms with Crippen molar-refractivity contribution in [2.75, 3.05) is 26.0 Å². The van der Waals surface area contributed by atoms with Crippen molar-refractivity contribution >= 4 is 11.6 Å². The largest absolute Gasteiger partial charge is 0.380 e. The summed E-state index contributed by atoms with van der Waals surface area (Å²) >= 11 is 0. The predicted molar refractivity (Wildman–Crippen MR) is 66.8 cm³/mol. The van der Waals surface area contributed by atoms with Crippen molar-refractivity contribution in [2.45, 2.75) is 19.1 Å². The molecule has 1 amide bonds. The van der Waals surface area contributed by atoms with Gasteiger partial charge >= 0.3 is 0 Å². The molecule has 0 aliphatic carbocycles. The summed E-state index contributed by atoms with van der Waals surface area (Å²) < 4.78 is 5.15. The van der Waals surface area contributed by atoms with Crippen LogP contribution in [0.15, 0.2) is 24.3 Å². The van der Waals surface area contributed by atoms with E-state index >= 15 is 0 Å². The lowest BCUT2D eigenvalue weighted by atomic mass is 10.1. The van der Waals surface area contributed by atoms with Crippen LogP contribution in [0, 0.1) is 0 Å². The van der Waals surface area contributed by atoms with Gasteiger partial charge in [-0.25, -0.2) is 0 Å². The van der Waals surface area contributed by atoms with Crippen LogP contribution in [0.2, 0.25) is 0 Å². The molecule has 4 heteroatoms. The van der Waals surface area contributed by atoms with Crippen LogP contribution in [-0.2, 0) is 16.1 Å². The second kappa shape index (κ2) is 5.19. The first-order valence-corrected chi connectivity index (χ1v) is 5.80. The van der Waals surface area contributed by atoms with Crippen molar-refractivity contribution in [1.29, 1.82) is 0 Å². The van der Waals surface area contributed by atoms with E-state index < -0.39 is 0 Å². The number of amides is 1. The van der Waals surface area contributed by atoms with Crippen molar-refractivity contribution < 1.29 is 9.53 Å². The zero-order valence-electron chi connectivity index (χ0n) is 10.3. The third-order valence-electron chi connectivity index (χ3n) is 3.07. The van der Waals surface area contributed by atoms with Gasteiger partial charge < -0.3 is 15.0 Å². The lowest BCUT2D eigenvalue weighted by molar-refractivity contribution is -0.127. The van der Waals surface area contributed by atoms with Crippen LogP contribution in [0.3, 0.4) is 0 Å². The van der Waals surface area contributed by atoms with Crippen molar-refractivity contribution in [2.24, 2.45) is 0 Å². The van der Waals surface area contributed by atoms with Crippen LogP contribution in [0.5, 0.6) is 0 Å². The van der Waals surface area contributed by atoms with E-state index in [2.05, 4.69) is 5.32 Å². The Morgan fingerprint density at radius 2 is 2.24 bits per heavy atom. The molecule has 1 unspecified atom stereocenters. The number of anilines is 1. The molecule has 1 N–H and O–H groups in total. The number of likely N-dealkylation sites (N-methyl/N-ethyl adjacent to an activating group) is 1. The Bertz CT molecular complexity index is 406. The third-order valence-corrected chi connectivity index (χ3v) is 3.07. The van der Waals surface area contributed by atoms with Gasteiger partial charge in [-0.3, -0.25) is 4.79 Å². The molecule has 1 aliphatic heterocycles. The number of carbonyl (C=O) groups is 1. The first-order chi connectivity index (χ1) is 8.22. The Labute approximate surface area is 102 Å². The molecule has 1 atom stereocenters. The number of hydrogen-bond donors (Lipinski definition) is 1.